The van der Waals surface area contributed by atoms with Gasteiger partial charge in [0.05, 0.1) is 19.3 Å². The third-order valence-electron chi connectivity index (χ3n) is 4.19. The molecular weight excluding hydrogens is 338 g/mol. The number of fused-ring (bicyclic) bond motifs is 1. The number of phenols is 1. The van der Waals surface area contributed by atoms with Gasteiger partial charge < -0.3 is 14.6 Å². The molecule has 1 aliphatic carbocycles. The average Bonchev–Trinajstić information content (AvgIpc) is 2.99. The molecule has 6 heteroatoms. The number of thiophene rings is 1. The maximum Gasteiger partial charge on any atom is 0.341 e. The van der Waals surface area contributed by atoms with Crippen LogP contribution in [0.2, 0.25) is 0 Å². The van der Waals surface area contributed by atoms with Crippen LogP contribution in [0.4, 0.5) is 5.00 Å². The summed E-state index contributed by atoms with van der Waals surface area (Å²) in [5.74, 6) is 0.433. The quantitative estimate of drug-likeness (QED) is 0.639. The van der Waals surface area contributed by atoms with E-state index in [1.807, 2.05) is 0 Å². The third-order valence-corrected chi connectivity index (χ3v) is 5.39. The normalized spacial score (nSPS) is 13.7. The lowest BCUT2D eigenvalue weighted by atomic mass is 9.95. The number of aliphatic imine (C=N–C) groups is 1. The van der Waals surface area contributed by atoms with Crippen LogP contribution in [0.5, 0.6) is 11.5 Å². The Morgan fingerprint density at radius 1 is 1.36 bits per heavy atom. The second-order valence-electron chi connectivity index (χ2n) is 5.79. The van der Waals surface area contributed by atoms with Crippen molar-refractivity contribution in [1.82, 2.24) is 0 Å². The second kappa shape index (κ2) is 7.70. The zero-order valence-corrected chi connectivity index (χ0v) is 15.2. The Labute approximate surface area is 150 Å². The zero-order valence-electron chi connectivity index (χ0n) is 14.4. The first kappa shape index (κ1) is 17.5. The number of nitrogens with zero attached hydrogens (tertiary/aromatic N) is 1. The van der Waals surface area contributed by atoms with Gasteiger partial charge in [0.15, 0.2) is 0 Å². The van der Waals surface area contributed by atoms with Crippen LogP contribution in [0.15, 0.2) is 23.2 Å². The smallest absolute Gasteiger partial charge is 0.341 e. The van der Waals surface area contributed by atoms with Crippen molar-refractivity contribution in [1.29, 1.82) is 0 Å². The molecule has 1 heterocycles. The van der Waals surface area contributed by atoms with E-state index in [2.05, 4.69) is 4.99 Å². The van der Waals surface area contributed by atoms with Gasteiger partial charge in [-0.15, -0.1) is 11.3 Å². The molecule has 25 heavy (non-hydrogen) atoms. The van der Waals surface area contributed by atoms with Gasteiger partial charge in [0.2, 0.25) is 0 Å². The summed E-state index contributed by atoms with van der Waals surface area (Å²) in [5, 5.41) is 10.6. The van der Waals surface area contributed by atoms with Crippen LogP contribution >= 0.6 is 11.3 Å². The van der Waals surface area contributed by atoms with Gasteiger partial charge in [-0.3, -0.25) is 0 Å². The Morgan fingerprint density at radius 2 is 2.16 bits per heavy atom. The molecule has 1 aromatic heterocycles. The molecule has 2 aromatic rings. The molecule has 0 spiro atoms. The maximum absolute atomic E-state index is 12.4. The molecule has 0 bridgehead atoms. The molecule has 1 aliphatic rings. The van der Waals surface area contributed by atoms with Crippen molar-refractivity contribution in [3.8, 4) is 11.5 Å². The summed E-state index contributed by atoms with van der Waals surface area (Å²) in [4.78, 5) is 18.1. The van der Waals surface area contributed by atoms with E-state index in [0.29, 0.717) is 28.5 Å². The number of methoxy groups -OCH3 is 1. The van der Waals surface area contributed by atoms with Crippen molar-refractivity contribution >= 4 is 28.5 Å². The lowest BCUT2D eigenvalue weighted by molar-refractivity contribution is 0.0526. The number of ether oxygens (including phenoxy) is 2. The van der Waals surface area contributed by atoms with E-state index in [1.54, 1.807) is 38.4 Å². The molecule has 0 amide bonds. The van der Waals surface area contributed by atoms with Gasteiger partial charge in [-0.2, -0.15) is 0 Å². The molecule has 3 rings (SSSR count). The first-order chi connectivity index (χ1) is 12.1. The fraction of sp³-hybridized carbons (Fsp3) is 0.368. The SMILES string of the molecule is CCOC(=O)c1c(/N=C/c2cc(OC)ccc2O)sc2c1CCCC2. The van der Waals surface area contributed by atoms with Crippen LogP contribution in [0, 0.1) is 0 Å². The Kier molecular flexibility index (Phi) is 5.38. The Hall–Kier alpha value is -2.34. The summed E-state index contributed by atoms with van der Waals surface area (Å²) in [7, 11) is 1.57. The minimum atomic E-state index is -0.316. The number of hydrogen-bond donors (Lipinski definition) is 1. The Morgan fingerprint density at radius 3 is 2.92 bits per heavy atom. The van der Waals surface area contributed by atoms with Crippen molar-refractivity contribution in [2.24, 2.45) is 4.99 Å². The second-order valence-corrected chi connectivity index (χ2v) is 6.88. The van der Waals surface area contributed by atoms with E-state index in [0.717, 1.165) is 31.2 Å². The van der Waals surface area contributed by atoms with Gasteiger partial charge >= 0.3 is 5.97 Å². The minimum absolute atomic E-state index is 0.114. The van der Waals surface area contributed by atoms with Crippen molar-refractivity contribution in [2.75, 3.05) is 13.7 Å². The molecule has 0 saturated carbocycles. The highest BCUT2D eigenvalue weighted by Crippen LogP contribution is 2.40. The number of aryl methyl sites for hydroxylation is 1. The van der Waals surface area contributed by atoms with E-state index < -0.39 is 0 Å². The largest absolute Gasteiger partial charge is 0.507 e. The fourth-order valence-corrected chi connectivity index (χ4v) is 4.17. The summed E-state index contributed by atoms with van der Waals surface area (Å²) in [6.07, 6.45) is 5.65. The molecule has 0 atom stereocenters. The molecule has 0 radical (unpaired) electrons. The molecule has 1 aromatic carbocycles. The highest BCUT2D eigenvalue weighted by Gasteiger charge is 2.26. The monoisotopic (exact) mass is 359 g/mol. The first-order valence-corrected chi connectivity index (χ1v) is 9.18. The van der Waals surface area contributed by atoms with Crippen molar-refractivity contribution < 1.29 is 19.4 Å². The van der Waals surface area contributed by atoms with Crippen molar-refractivity contribution in [2.45, 2.75) is 32.6 Å². The van der Waals surface area contributed by atoms with Crippen LogP contribution in [0.1, 0.15) is 46.1 Å². The maximum atomic E-state index is 12.4. The zero-order chi connectivity index (χ0) is 17.8. The lowest BCUT2D eigenvalue weighted by Gasteiger charge is -2.11. The molecule has 0 fully saturated rings. The van der Waals surface area contributed by atoms with Crippen LogP contribution in [0.3, 0.4) is 0 Å². The van der Waals surface area contributed by atoms with Crippen molar-refractivity contribution in [3.63, 3.8) is 0 Å². The molecule has 0 saturated heterocycles. The summed E-state index contributed by atoms with van der Waals surface area (Å²) in [6, 6.07) is 4.95. The number of hydrogen-bond acceptors (Lipinski definition) is 6. The van der Waals surface area contributed by atoms with Gasteiger partial charge in [-0.25, -0.2) is 9.79 Å². The Bertz CT molecular complexity index is 810. The average molecular weight is 359 g/mol. The first-order valence-electron chi connectivity index (χ1n) is 8.36. The molecule has 5 nitrogen and oxygen atoms in total. The highest BCUT2D eigenvalue weighted by molar-refractivity contribution is 7.16. The number of carbonyl (C=O) groups is 1. The number of carbonyl (C=O) groups excluding carboxylic acids is 1. The highest BCUT2D eigenvalue weighted by atomic mass is 32.1. The minimum Gasteiger partial charge on any atom is -0.507 e. The number of phenolic OH excluding ortho intramolecular Hbond substituents is 1. The number of rotatable bonds is 5. The third kappa shape index (κ3) is 3.69. The summed E-state index contributed by atoms with van der Waals surface area (Å²) < 4.78 is 10.4. The lowest BCUT2D eigenvalue weighted by Crippen LogP contribution is -2.09. The topological polar surface area (TPSA) is 68.1 Å². The molecule has 0 aliphatic heterocycles. The fourth-order valence-electron chi connectivity index (χ4n) is 2.95. The summed E-state index contributed by atoms with van der Waals surface area (Å²) >= 11 is 1.54. The van der Waals surface area contributed by atoms with E-state index in [1.165, 1.54) is 16.2 Å². The van der Waals surface area contributed by atoms with E-state index in [9.17, 15) is 9.90 Å². The van der Waals surface area contributed by atoms with Crippen LogP contribution in [-0.4, -0.2) is 31.0 Å². The van der Waals surface area contributed by atoms with Gasteiger partial charge in [-0.05, 0) is 56.4 Å². The summed E-state index contributed by atoms with van der Waals surface area (Å²) in [5.41, 5.74) is 2.21. The standard InChI is InChI=1S/C19H21NO4S/c1-3-24-19(22)17-14-6-4-5-7-16(14)25-18(17)20-11-12-10-13(23-2)8-9-15(12)21/h8-11,21H,3-7H2,1-2H3/b20-11+. The van der Waals surface area contributed by atoms with Crippen LogP contribution < -0.4 is 4.74 Å². The summed E-state index contributed by atoms with van der Waals surface area (Å²) in [6.45, 7) is 2.14. The molecule has 132 valence electrons. The predicted octanol–water partition coefficient (Wildman–Crippen LogP) is 4.27. The van der Waals surface area contributed by atoms with Crippen LogP contribution in [-0.2, 0) is 17.6 Å². The Balaban J connectivity index is 1.99. The van der Waals surface area contributed by atoms with E-state index in [4.69, 9.17) is 9.47 Å². The molecule has 1 N–H and O–H groups in total. The van der Waals surface area contributed by atoms with E-state index in [-0.39, 0.29) is 11.7 Å². The van der Waals surface area contributed by atoms with Crippen molar-refractivity contribution in [3.05, 3.63) is 39.8 Å². The number of benzene rings is 1. The predicted molar refractivity (Wildman–Crippen MR) is 98.8 cm³/mol. The van der Waals surface area contributed by atoms with Gasteiger partial charge in [0, 0.05) is 16.7 Å². The van der Waals surface area contributed by atoms with E-state index >= 15 is 0 Å². The van der Waals surface area contributed by atoms with Gasteiger partial charge in [0.25, 0.3) is 0 Å². The van der Waals surface area contributed by atoms with Crippen LogP contribution in [0.25, 0.3) is 0 Å². The number of esters is 1. The molecule has 0 unspecified atom stereocenters. The number of aromatic hydroxyl groups is 1. The molecular formula is C19H21NO4S. The van der Waals surface area contributed by atoms with Gasteiger partial charge in [0.1, 0.15) is 16.5 Å². The van der Waals surface area contributed by atoms with Gasteiger partial charge in [-0.1, -0.05) is 0 Å².